The Morgan fingerprint density at radius 3 is 2.46 bits per heavy atom. The van der Waals surface area contributed by atoms with E-state index in [0.29, 0.717) is 27.0 Å². The van der Waals surface area contributed by atoms with Crippen LogP contribution in [0.15, 0.2) is 77.3 Å². The Labute approximate surface area is 180 Å². The number of anilines is 1. The molecule has 3 nitrogen and oxygen atoms in total. The van der Waals surface area contributed by atoms with Gasteiger partial charge < -0.3 is 5.32 Å². The van der Waals surface area contributed by atoms with Crippen LogP contribution < -0.4 is 5.32 Å². The number of nitrogens with zero attached hydrogens (tertiary/aromatic N) is 1. The van der Waals surface area contributed by atoms with Gasteiger partial charge in [0.2, 0.25) is 0 Å². The molecule has 4 aromatic rings. The highest BCUT2D eigenvalue weighted by Gasteiger charge is 2.15. The Bertz CT molecular complexity index is 1190. The molecule has 0 fully saturated rings. The first-order valence-corrected chi connectivity index (χ1v) is 9.98. The first-order chi connectivity index (χ1) is 13.5. The fourth-order valence-corrected chi connectivity index (χ4v) is 3.52. The second-order valence-electron chi connectivity index (χ2n) is 6.16. The van der Waals surface area contributed by atoms with Gasteiger partial charge in [0.15, 0.2) is 0 Å². The summed E-state index contributed by atoms with van der Waals surface area (Å²) >= 11 is 15.7. The average Bonchev–Trinajstić information content (AvgIpc) is 2.70. The second kappa shape index (κ2) is 7.92. The molecule has 1 aromatic heterocycles. The largest absolute Gasteiger partial charge is 0.321 e. The number of fused-ring (bicyclic) bond motifs is 1. The highest BCUT2D eigenvalue weighted by molar-refractivity contribution is 9.10. The van der Waals surface area contributed by atoms with Crippen LogP contribution in [0, 0.1) is 0 Å². The Morgan fingerprint density at radius 2 is 1.68 bits per heavy atom. The fourth-order valence-electron chi connectivity index (χ4n) is 2.91. The van der Waals surface area contributed by atoms with Gasteiger partial charge in [-0.3, -0.25) is 4.79 Å². The van der Waals surface area contributed by atoms with Crippen molar-refractivity contribution in [3.05, 3.63) is 92.9 Å². The number of halogens is 3. The molecule has 1 heterocycles. The van der Waals surface area contributed by atoms with E-state index in [0.717, 1.165) is 20.9 Å². The molecule has 0 radical (unpaired) electrons. The minimum Gasteiger partial charge on any atom is -0.321 e. The summed E-state index contributed by atoms with van der Waals surface area (Å²) in [5, 5.41) is 4.54. The predicted molar refractivity (Wildman–Crippen MR) is 119 cm³/mol. The molecule has 1 amide bonds. The van der Waals surface area contributed by atoms with Crippen molar-refractivity contribution >= 4 is 61.6 Å². The second-order valence-corrected chi connectivity index (χ2v) is 7.92. The van der Waals surface area contributed by atoms with Crippen molar-refractivity contribution in [2.75, 3.05) is 5.32 Å². The molecular formula is C22H13BrCl2N2O. The van der Waals surface area contributed by atoms with Crippen LogP contribution in [0.25, 0.3) is 22.2 Å². The minimum absolute atomic E-state index is 0.277. The predicted octanol–water partition coefficient (Wildman–Crippen LogP) is 7.22. The lowest BCUT2D eigenvalue weighted by molar-refractivity contribution is 0.102. The third kappa shape index (κ3) is 3.90. The van der Waals surface area contributed by atoms with E-state index in [1.165, 1.54) is 0 Å². The quantitative estimate of drug-likeness (QED) is 0.342. The van der Waals surface area contributed by atoms with Crippen LogP contribution in [0.3, 0.4) is 0 Å². The van der Waals surface area contributed by atoms with Gasteiger partial charge in [0, 0.05) is 20.4 Å². The molecule has 0 aliphatic carbocycles. The van der Waals surface area contributed by atoms with Gasteiger partial charge in [-0.05, 0) is 42.5 Å². The van der Waals surface area contributed by atoms with Crippen LogP contribution >= 0.6 is 39.1 Å². The van der Waals surface area contributed by atoms with Gasteiger partial charge >= 0.3 is 0 Å². The summed E-state index contributed by atoms with van der Waals surface area (Å²) in [5.74, 6) is -0.277. The molecule has 3 aromatic carbocycles. The van der Waals surface area contributed by atoms with Crippen LogP contribution in [0.5, 0.6) is 0 Å². The van der Waals surface area contributed by atoms with Gasteiger partial charge in [0.1, 0.15) is 0 Å². The number of rotatable bonds is 3. The molecule has 1 N–H and O–H groups in total. The first-order valence-electron chi connectivity index (χ1n) is 8.43. The van der Waals surface area contributed by atoms with Crippen LogP contribution in [0.2, 0.25) is 10.0 Å². The maximum atomic E-state index is 13.1. The van der Waals surface area contributed by atoms with Gasteiger partial charge in [-0.15, -0.1) is 0 Å². The van der Waals surface area contributed by atoms with Crippen LogP contribution in [0.4, 0.5) is 5.69 Å². The van der Waals surface area contributed by atoms with Crippen LogP contribution in [-0.2, 0) is 0 Å². The molecule has 0 aliphatic rings. The van der Waals surface area contributed by atoms with E-state index >= 15 is 0 Å². The third-order valence-electron chi connectivity index (χ3n) is 4.28. The highest BCUT2D eigenvalue weighted by Crippen LogP contribution is 2.29. The monoisotopic (exact) mass is 470 g/mol. The zero-order valence-corrected chi connectivity index (χ0v) is 17.5. The van der Waals surface area contributed by atoms with E-state index in [1.807, 2.05) is 48.5 Å². The average molecular weight is 472 g/mol. The van der Waals surface area contributed by atoms with Gasteiger partial charge in [0.05, 0.1) is 27.5 Å². The molecular weight excluding hydrogens is 459 g/mol. The number of aromatic nitrogens is 1. The maximum Gasteiger partial charge on any atom is 0.256 e. The molecule has 138 valence electrons. The molecule has 0 bridgehead atoms. The molecule has 0 aliphatic heterocycles. The van der Waals surface area contributed by atoms with Gasteiger partial charge in [0.25, 0.3) is 5.91 Å². The Hall–Kier alpha value is -2.40. The number of benzene rings is 3. The lowest BCUT2D eigenvalue weighted by atomic mass is 10.0. The summed E-state index contributed by atoms with van der Waals surface area (Å²) < 4.78 is 0.977. The van der Waals surface area contributed by atoms with Crippen molar-refractivity contribution in [2.24, 2.45) is 0 Å². The van der Waals surface area contributed by atoms with Crippen molar-refractivity contribution < 1.29 is 4.79 Å². The zero-order chi connectivity index (χ0) is 19.7. The van der Waals surface area contributed by atoms with E-state index in [4.69, 9.17) is 28.2 Å². The van der Waals surface area contributed by atoms with Crippen molar-refractivity contribution in [1.29, 1.82) is 0 Å². The topological polar surface area (TPSA) is 42.0 Å². The molecule has 0 unspecified atom stereocenters. The normalized spacial score (nSPS) is 10.8. The summed E-state index contributed by atoms with van der Waals surface area (Å²) in [7, 11) is 0. The van der Waals surface area contributed by atoms with Crippen molar-refractivity contribution in [3.63, 3.8) is 0 Å². The SMILES string of the molecule is O=C(Nc1cc(Cl)ccc1Cl)c1cc(-c2ccc(Br)cc2)nc2ccccc12. The van der Waals surface area contributed by atoms with E-state index in [1.54, 1.807) is 24.3 Å². The summed E-state index contributed by atoms with van der Waals surface area (Å²) in [6.07, 6.45) is 0. The van der Waals surface area contributed by atoms with Crippen molar-refractivity contribution in [1.82, 2.24) is 4.98 Å². The number of hydrogen-bond donors (Lipinski definition) is 1. The van der Waals surface area contributed by atoms with E-state index < -0.39 is 0 Å². The van der Waals surface area contributed by atoms with Crippen molar-refractivity contribution in [2.45, 2.75) is 0 Å². The molecule has 0 spiro atoms. The molecule has 0 saturated carbocycles. The van der Waals surface area contributed by atoms with Gasteiger partial charge in [-0.1, -0.05) is 69.5 Å². The molecule has 6 heteroatoms. The molecule has 28 heavy (non-hydrogen) atoms. The number of carbonyl (C=O) groups is 1. The molecule has 0 saturated heterocycles. The van der Waals surface area contributed by atoms with Crippen LogP contribution in [-0.4, -0.2) is 10.9 Å². The van der Waals surface area contributed by atoms with Crippen molar-refractivity contribution in [3.8, 4) is 11.3 Å². The zero-order valence-electron chi connectivity index (χ0n) is 14.4. The number of carbonyl (C=O) groups excluding carboxylic acids is 1. The molecule has 4 rings (SSSR count). The number of nitrogens with one attached hydrogen (secondary N) is 1. The summed E-state index contributed by atoms with van der Waals surface area (Å²) in [4.78, 5) is 17.8. The Morgan fingerprint density at radius 1 is 0.929 bits per heavy atom. The first kappa shape index (κ1) is 18.9. The Kier molecular flexibility index (Phi) is 5.36. The number of pyridine rings is 1. The summed E-state index contributed by atoms with van der Waals surface area (Å²) in [5.41, 5.74) is 3.35. The van der Waals surface area contributed by atoms with E-state index in [-0.39, 0.29) is 5.91 Å². The third-order valence-corrected chi connectivity index (χ3v) is 5.37. The standard InChI is InChI=1S/C22H13BrCl2N2O/c23-14-7-5-13(6-8-14)20-12-17(16-3-1-2-4-19(16)26-20)22(28)27-21-11-15(24)9-10-18(21)25/h1-12H,(H,27,28). The minimum atomic E-state index is -0.277. The number of amides is 1. The smallest absolute Gasteiger partial charge is 0.256 e. The summed E-state index contributed by atoms with van der Waals surface area (Å²) in [6.45, 7) is 0. The highest BCUT2D eigenvalue weighted by atomic mass is 79.9. The number of hydrogen-bond acceptors (Lipinski definition) is 2. The van der Waals surface area contributed by atoms with Gasteiger partial charge in [-0.2, -0.15) is 0 Å². The summed E-state index contributed by atoms with van der Waals surface area (Å²) in [6, 6.07) is 22.1. The maximum absolute atomic E-state index is 13.1. The van der Waals surface area contributed by atoms with E-state index in [2.05, 4.69) is 21.2 Å². The number of para-hydroxylation sites is 1. The van der Waals surface area contributed by atoms with E-state index in [9.17, 15) is 4.79 Å². The Balaban J connectivity index is 1.81. The lowest BCUT2D eigenvalue weighted by Gasteiger charge is -2.12. The fraction of sp³-hybridized carbons (Fsp3) is 0. The lowest BCUT2D eigenvalue weighted by Crippen LogP contribution is -2.13. The molecule has 0 atom stereocenters. The van der Waals surface area contributed by atoms with Gasteiger partial charge in [-0.25, -0.2) is 4.98 Å². The van der Waals surface area contributed by atoms with Crippen LogP contribution in [0.1, 0.15) is 10.4 Å².